The van der Waals surface area contributed by atoms with Crippen molar-refractivity contribution in [2.45, 2.75) is 38.1 Å². The maximum absolute atomic E-state index is 12.0. The second-order valence-electron chi connectivity index (χ2n) is 6.16. The summed E-state index contributed by atoms with van der Waals surface area (Å²) in [5.41, 5.74) is 7.70. The second kappa shape index (κ2) is 9.69. The molecule has 1 heterocycles. The van der Waals surface area contributed by atoms with Gasteiger partial charge in [-0.3, -0.25) is 9.59 Å². The molecule has 0 aromatic heterocycles. The smallest absolute Gasteiger partial charge is 0.241 e. The molecule has 0 unspecified atom stereocenters. The van der Waals surface area contributed by atoms with Crippen LogP contribution in [-0.4, -0.2) is 47.9 Å². The molecule has 1 aliphatic heterocycles. The fraction of sp³-hybridized carbons (Fsp3) is 0.556. The van der Waals surface area contributed by atoms with Crippen LogP contribution in [0.1, 0.15) is 31.2 Å². The van der Waals surface area contributed by atoms with Crippen molar-refractivity contribution in [1.29, 1.82) is 0 Å². The fourth-order valence-electron chi connectivity index (χ4n) is 2.74. The Morgan fingerprint density at radius 1 is 1.25 bits per heavy atom. The van der Waals surface area contributed by atoms with Gasteiger partial charge in [0.05, 0.1) is 6.04 Å². The minimum atomic E-state index is -0.477. The Kier molecular flexibility index (Phi) is 7.59. The first kappa shape index (κ1) is 18.8. The predicted molar refractivity (Wildman–Crippen MR) is 100 cm³/mol. The molecule has 0 spiro atoms. The Labute approximate surface area is 148 Å². The van der Waals surface area contributed by atoms with E-state index in [0.29, 0.717) is 12.8 Å². The SMILES string of the molecule is CSCC[C@H](N)C(=O)Nc1ccc(CCC(=O)N2CCCC2)cc1. The molecule has 132 valence electrons. The van der Waals surface area contributed by atoms with Crippen LogP contribution in [0.15, 0.2) is 24.3 Å². The molecule has 0 bridgehead atoms. The third kappa shape index (κ3) is 5.83. The molecule has 1 atom stereocenters. The summed E-state index contributed by atoms with van der Waals surface area (Å²) in [5.74, 6) is 0.962. The molecule has 2 rings (SSSR count). The number of thioether (sulfide) groups is 1. The van der Waals surface area contributed by atoms with Gasteiger partial charge < -0.3 is 16.0 Å². The van der Waals surface area contributed by atoms with Crippen molar-refractivity contribution in [2.75, 3.05) is 30.4 Å². The maximum Gasteiger partial charge on any atom is 0.241 e. The van der Waals surface area contributed by atoms with Gasteiger partial charge in [-0.25, -0.2) is 0 Å². The molecule has 2 amide bonds. The highest BCUT2D eigenvalue weighted by atomic mass is 32.2. The van der Waals surface area contributed by atoms with E-state index in [1.54, 1.807) is 11.8 Å². The zero-order valence-corrected chi connectivity index (χ0v) is 15.1. The van der Waals surface area contributed by atoms with Crippen LogP contribution in [-0.2, 0) is 16.0 Å². The van der Waals surface area contributed by atoms with Crippen LogP contribution >= 0.6 is 11.8 Å². The number of hydrogen-bond donors (Lipinski definition) is 2. The van der Waals surface area contributed by atoms with Crippen molar-refractivity contribution >= 4 is 29.3 Å². The number of anilines is 1. The summed E-state index contributed by atoms with van der Waals surface area (Å²) >= 11 is 1.68. The van der Waals surface area contributed by atoms with Crippen LogP contribution in [0.25, 0.3) is 0 Å². The normalized spacial score (nSPS) is 15.3. The standard InChI is InChI=1S/C18H27N3O2S/c1-24-13-10-16(19)18(23)20-15-7-4-14(5-8-15)6-9-17(22)21-11-2-3-12-21/h4-5,7-8,16H,2-3,6,9-13,19H2,1H3,(H,20,23)/t16-/m0/s1. The lowest BCUT2D eigenvalue weighted by Crippen LogP contribution is -2.36. The van der Waals surface area contributed by atoms with E-state index in [9.17, 15) is 9.59 Å². The maximum atomic E-state index is 12.0. The van der Waals surface area contributed by atoms with Crippen molar-refractivity contribution in [2.24, 2.45) is 5.73 Å². The number of rotatable bonds is 8. The third-order valence-corrected chi connectivity index (χ3v) is 4.92. The van der Waals surface area contributed by atoms with E-state index in [4.69, 9.17) is 5.73 Å². The molecule has 1 aromatic carbocycles. The van der Waals surface area contributed by atoms with Gasteiger partial charge in [-0.1, -0.05) is 12.1 Å². The summed E-state index contributed by atoms with van der Waals surface area (Å²) in [7, 11) is 0. The van der Waals surface area contributed by atoms with Crippen LogP contribution in [0.2, 0.25) is 0 Å². The molecule has 1 saturated heterocycles. The first-order valence-corrected chi connectivity index (χ1v) is 9.91. The zero-order valence-electron chi connectivity index (χ0n) is 14.3. The van der Waals surface area contributed by atoms with Gasteiger partial charge in [0.2, 0.25) is 11.8 Å². The monoisotopic (exact) mass is 349 g/mol. The minimum absolute atomic E-state index is 0.152. The summed E-state index contributed by atoms with van der Waals surface area (Å²) < 4.78 is 0. The van der Waals surface area contributed by atoms with Gasteiger partial charge in [0.15, 0.2) is 0 Å². The summed E-state index contributed by atoms with van der Waals surface area (Å²) in [5, 5.41) is 2.84. The van der Waals surface area contributed by atoms with Gasteiger partial charge in [-0.2, -0.15) is 11.8 Å². The van der Waals surface area contributed by atoms with Gasteiger partial charge in [-0.15, -0.1) is 0 Å². The van der Waals surface area contributed by atoms with E-state index in [-0.39, 0.29) is 11.8 Å². The lowest BCUT2D eigenvalue weighted by atomic mass is 10.1. The first-order chi connectivity index (χ1) is 11.6. The molecule has 0 aliphatic carbocycles. The topological polar surface area (TPSA) is 75.4 Å². The number of nitrogens with zero attached hydrogens (tertiary/aromatic N) is 1. The molecule has 24 heavy (non-hydrogen) atoms. The van der Waals surface area contributed by atoms with Gasteiger partial charge >= 0.3 is 0 Å². The van der Waals surface area contributed by atoms with Crippen LogP contribution < -0.4 is 11.1 Å². The molecule has 6 heteroatoms. The molecule has 0 saturated carbocycles. The van der Waals surface area contributed by atoms with E-state index >= 15 is 0 Å². The summed E-state index contributed by atoms with van der Waals surface area (Å²) in [4.78, 5) is 26.0. The fourth-order valence-corrected chi connectivity index (χ4v) is 3.23. The van der Waals surface area contributed by atoms with Crippen molar-refractivity contribution in [3.05, 3.63) is 29.8 Å². The molecule has 5 nitrogen and oxygen atoms in total. The van der Waals surface area contributed by atoms with Gasteiger partial charge in [0, 0.05) is 25.2 Å². The van der Waals surface area contributed by atoms with E-state index < -0.39 is 6.04 Å². The number of carbonyl (C=O) groups is 2. The molecule has 1 fully saturated rings. The number of amides is 2. The van der Waals surface area contributed by atoms with Crippen LogP contribution in [0.3, 0.4) is 0 Å². The number of nitrogens with one attached hydrogen (secondary N) is 1. The Balaban J connectivity index is 1.77. The van der Waals surface area contributed by atoms with Crippen molar-refractivity contribution in [1.82, 2.24) is 4.90 Å². The quantitative estimate of drug-likeness (QED) is 0.755. The highest BCUT2D eigenvalue weighted by Gasteiger charge is 2.17. The summed E-state index contributed by atoms with van der Waals surface area (Å²) in [6.45, 7) is 1.81. The van der Waals surface area contributed by atoms with Crippen LogP contribution in [0.4, 0.5) is 5.69 Å². The second-order valence-corrected chi connectivity index (χ2v) is 7.15. The highest BCUT2D eigenvalue weighted by Crippen LogP contribution is 2.14. The van der Waals surface area contributed by atoms with Crippen molar-refractivity contribution in [3.63, 3.8) is 0 Å². The molecular formula is C18H27N3O2S. The lowest BCUT2D eigenvalue weighted by Gasteiger charge is -2.15. The largest absolute Gasteiger partial charge is 0.343 e. The average Bonchev–Trinajstić information content (AvgIpc) is 3.13. The predicted octanol–water partition coefficient (Wildman–Crippen LogP) is 2.26. The molecule has 1 aromatic rings. The zero-order chi connectivity index (χ0) is 17.4. The number of likely N-dealkylation sites (tertiary alicyclic amines) is 1. The minimum Gasteiger partial charge on any atom is -0.343 e. The molecule has 0 radical (unpaired) electrons. The van der Waals surface area contributed by atoms with E-state index in [1.165, 1.54) is 0 Å². The Bertz CT molecular complexity index is 542. The summed E-state index contributed by atoms with van der Waals surface area (Å²) in [6.07, 6.45) is 6.20. The average molecular weight is 350 g/mol. The Morgan fingerprint density at radius 2 is 1.92 bits per heavy atom. The van der Waals surface area contributed by atoms with Crippen molar-refractivity contribution < 1.29 is 9.59 Å². The Hall–Kier alpha value is -1.53. The number of benzene rings is 1. The molecule has 1 aliphatic rings. The number of carbonyl (C=O) groups excluding carboxylic acids is 2. The summed E-state index contributed by atoms with van der Waals surface area (Å²) in [6, 6.07) is 7.18. The number of aryl methyl sites for hydroxylation is 1. The molecular weight excluding hydrogens is 322 g/mol. The van der Waals surface area contributed by atoms with Crippen LogP contribution in [0.5, 0.6) is 0 Å². The first-order valence-electron chi connectivity index (χ1n) is 8.52. The van der Waals surface area contributed by atoms with E-state index in [1.807, 2.05) is 35.4 Å². The van der Waals surface area contributed by atoms with Gasteiger partial charge in [0.1, 0.15) is 0 Å². The third-order valence-electron chi connectivity index (χ3n) is 4.28. The van der Waals surface area contributed by atoms with E-state index in [0.717, 1.165) is 49.4 Å². The van der Waals surface area contributed by atoms with Gasteiger partial charge in [-0.05, 0) is 55.4 Å². The lowest BCUT2D eigenvalue weighted by molar-refractivity contribution is -0.130. The number of nitrogens with two attached hydrogens (primary N) is 1. The van der Waals surface area contributed by atoms with Crippen molar-refractivity contribution in [3.8, 4) is 0 Å². The van der Waals surface area contributed by atoms with E-state index in [2.05, 4.69) is 5.32 Å². The highest BCUT2D eigenvalue weighted by molar-refractivity contribution is 7.98. The number of hydrogen-bond acceptors (Lipinski definition) is 4. The Morgan fingerprint density at radius 3 is 2.54 bits per heavy atom. The van der Waals surface area contributed by atoms with Gasteiger partial charge in [0.25, 0.3) is 0 Å². The van der Waals surface area contributed by atoms with Crippen LogP contribution in [0, 0.1) is 0 Å². The molecule has 3 N–H and O–H groups in total.